The molecule has 0 saturated carbocycles. The van der Waals surface area contributed by atoms with Crippen molar-refractivity contribution < 1.29 is 38.5 Å². The third kappa shape index (κ3) is 3.73. The van der Waals surface area contributed by atoms with Crippen molar-refractivity contribution in [2.75, 3.05) is 21.3 Å². The first kappa shape index (κ1) is 23.5. The summed E-state index contributed by atoms with van der Waals surface area (Å²) in [5.41, 5.74) is -0.699. The van der Waals surface area contributed by atoms with E-state index in [4.69, 9.17) is 18.9 Å². The molecule has 1 N–H and O–H groups in total. The second-order valence-corrected chi connectivity index (χ2v) is 7.93. The van der Waals surface area contributed by atoms with Crippen LogP contribution in [0.5, 0.6) is 11.6 Å². The Morgan fingerprint density at radius 2 is 1.88 bits per heavy atom. The molecule has 2 aromatic carbocycles. The van der Waals surface area contributed by atoms with E-state index in [1.807, 2.05) is 12.1 Å². The molecule has 0 fully saturated rings. The number of aliphatic hydroxyl groups is 1. The molecule has 180 valence electrons. The van der Waals surface area contributed by atoms with Crippen molar-refractivity contribution >= 4 is 22.7 Å². The van der Waals surface area contributed by atoms with Crippen LogP contribution in [-0.2, 0) is 14.2 Å². The average molecular weight is 472 g/mol. The molecule has 4 rings (SSSR count). The summed E-state index contributed by atoms with van der Waals surface area (Å²) >= 11 is 0. The van der Waals surface area contributed by atoms with E-state index in [9.17, 15) is 20.0 Å². The summed E-state index contributed by atoms with van der Waals surface area (Å²) in [6, 6.07) is 11.9. The van der Waals surface area contributed by atoms with Crippen LogP contribution in [0.2, 0.25) is 0 Å². The van der Waals surface area contributed by atoms with Gasteiger partial charge in [-0.3, -0.25) is 10.1 Å². The lowest BCUT2D eigenvalue weighted by Gasteiger charge is -2.47. The summed E-state index contributed by atoms with van der Waals surface area (Å²) in [6.45, 7) is 1.61. The second kappa shape index (κ2) is 8.93. The monoisotopic (exact) mass is 472 g/mol. The van der Waals surface area contributed by atoms with Gasteiger partial charge in [0.25, 0.3) is 5.69 Å². The van der Waals surface area contributed by atoms with E-state index < -0.39 is 35.1 Å². The van der Waals surface area contributed by atoms with E-state index in [-0.39, 0.29) is 17.3 Å². The number of aliphatic hydroxyl groups excluding tert-OH is 1. The number of fused-ring (bicyclic) bond motifs is 2. The van der Waals surface area contributed by atoms with E-state index in [1.54, 1.807) is 29.7 Å². The Hall–Kier alpha value is -3.67. The molecule has 0 bridgehead atoms. The third-order valence-electron chi connectivity index (χ3n) is 5.98. The SMILES string of the molecule is COC(=O)Oc1cc2ccccc2n1[C@@H]1c2cc([N+](=O)[O-])ccc2O[C@](C)(C(OC)OC)[C@H]1O. The Bertz CT molecular complexity index is 1240. The van der Waals surface area contributed by atoms with Crippen LogP contribution >= 0.6 is 0 Å². The molecule has 0 radical (unpaired) electrons. The quantitative estimate of drug-likeness (QED) is 0.248. The number of rotatable bonds is 6. The van der Waals surface area contributed by atoms with E-state index >= 15 is 0 Å². The predicted molar refractivity (Wildman–Crippen MR) is 119 cm³/mol. The highest BCUT2D eigenvalue weighted by Crippen LogP contribution is 2.48. The minimum absolute atomic E-state index is 0.0742. The number of ether oxygens (including phenoxy) is 5. The number of hydrogen-bond donors (Lipinski definition) is 1. The summed E-state index contributed by atoms with van der Waals surface area (Å²) in [4.78, 5) is 23.0. The van der Waals surface area contributed by atoms with E-state index in [0.717, 1.165) is 0 Å². The Morgan fingerprint density at radius 3 is 2.53 bits per heavy atom. The molecule has 1 aromatic heterocycles. The summed E-state index contributed by atoms with van der Waals surface area (Å²) in [5.74, 6) is 0.356. The lowest BCUT2D eigenvalue weighted by Crippen LogP contribution is -2.60. The number of nitro groups is 1. The standard InChI is InChI=1S/C23H24N2O9/c1-23(21(30-2)31-3)20(26)19(15-12-14(25(28)29)9-10-17(15)34-23)24-16-8-6-5-7-13(16)11-18(24)33-22(27)32-4/h5-12,19-21,26H,1-4H3/t19-,20+,23+/m1/s1. The zero-order valence-corrected chi connectivity index (χ0v) is 19.0. The average Bonchev–Trinajstić information content (AvgIpc) is 3.17. The van der Waals surface area contributed by atoms with Gasteiger partial charge in [-0.25, -0.2) is 4.79 Å². The maximum absolute atomic E-state index is 12.0. The highest BCUT2D eigenvalue weighted by Gasteiger charge is 2.53. The molecule has 3 aromatic rings. The predicted octanol–water partition coefficient (Wildman–Crippen LogP) is 3.42. The van der Waals surface area contributed by atoms with Gasteiger partial charge in [0, 0.05) is 43.4 Å². The summed E-state index contributed by atoms with van der Waals surface area (Å²) < 4.78 is 28.6. The van der Waals surface area contributed by atoms with Crippen molar-refractivity contribution in [1.29, 1.82) is 0 Å². The zero-order valence-electron chi connectivity index (χ0n) is 19.0. The number of carbonyl (C=O) groups is 1. The van der Waals surface area contributed by atoms with Gasteiger partial charge in [0.2, 0.25) is 5.88 Å². The van der Waals surface area contributed by atoms with Crippen molar-refractivity contribution in [3.05, 3.63) is 64.2 Å². The molecule has 3 atom stereocenters. The molecule has 11 nitrogen and oxygen atoms in total. The zero-order chi connectivity index (χ0) is 24.6. The fraction of sp³-hybridized carbons (Fsp3) is 0.348. The molecule has 0 amide bonds. The van der Waals surface area contributed by atoms with E-state index in [2.05, 4.69) is 4.74 Å². The van der Waals surface area contributed by atoms with Gasteiger partial charge in [-0.05, 0) is 19.1 Å². The lowest BCUT2D eigenvalue weighted by molar-refractivity contribution is -0.385. The normalized spacial score (nSPS) is 21.7. The maximum Gasteiger partial charge on any atom is 0.514 e. The van der Waals surface area contributed by atoms with Gasteiger partial charge in [0.1, 0.15) is 11.9 Å². The van der Waals surface area contributed by atoms with Gasteiger partial charge in [-0.15, -0.1) is 0 Å². The minimum Gasteiger partial charge on any atom is -0.479 e. The highest BCUT2D eigenvalue weighted by molar-refractivity contribution is 5.84. The molecule has 1 aliphatic heterocycles. The first-order valence-electron chi connectivity index (χ1n) is 10.3. The molecule has 0 aliphatic carbocycles. The molecule has 0 spiro atoms. The lowest BCUT2D eigenvalue weighted by atomic mass is 9.84. The van der Waals surface area contributed by atoms with Gasteiger partial charge in [-0.1, -0.05) is 18.2 Å². The van der Waals surface area contributed by atoms with Crippen LogP contribution in [0.15, 0.2) is 48.5 Å². The summed E-state index contributed by atoms with van der Waals surface area (Å²) in [7, 11) is 4.00. The Balaban J connectivity index is 2.02. The van der Waals surface area contributed by atoms with Crippen molar-refractivity contribution in [3.63, 3.8) is 0 Å². The number of hydrogen-bond acceptors (Lipinski definition) is 9. The molecular weight excluding hydrogens is 448 g/mol. The van der Waals surface area contributed by atoms with Crippen molar-refractivity contribution in [2.24, 2.45) is 0 Å². The van der Waals surface area contributed by atoms with Crippen LogP contribution in [-0.4, -0.2) is 60.1 Å². The number of carbonyl (C=O) groups excluding carboxylic acids is 1. The molecule has 1 aliphatic rings. The molecule has 2 heterocycles. The molecule has 0 unspecified atom stereocenters. The maximum atomic E-state index is 12.0. The number of para-hydroxylation sites is 1. The van der Waals surface area contributed by atoms with Crippen molar-refractivity contribution in [3.8, 4) is 11.6 Å². The van der Waals surface area contributed by atoms with Gasteiger partial charge in [-0.2, -0.15) is 0 Å². The minimum atomic E-state index is -1.44. The Labute approximate surface area is 194 Å². The van der Waals surface area contributed by atoms with E-state index in [0.29, 0.717) is 16.5 Å². The summed E-state index contributed by atoms with van der Waals surface area (Å²) in [6.07, 6.45) is -3.32. The number of methoxy groups -OCH3 is 3. The number of benzene rings is 2. The second-order valence-electron chi connectivity index (χ2n) is 7.93. The van der Waals surface area contributed by atoms with Crippen molar-refractivity contribution in [2.45, 2.75) is 31.0 Å². The first-order valence-corrected chi connectivity index (χ1v) is 10.3. The van der Waals surface area contributed by atoms with Gasteiger partial charge in [0.15, 0.2) is 11.9 Å². The van der Waals surface area contributed by atoms with E-state index in [1.165, 1.54) is 39.5 Å². The number of nitrogens with zero attached hydrogens (tertiary/aromatic N) is 2. The van der Waals surface area contributed by atoms with Gasteiger partial charge in [0.05, 0.1) is 23.6 Å². The number of nitro benzene ring substituents is 1. The van der Waals surface area contributed by atoms with Crippen LogP contribution < -0.4 is 9.47 Å². The molecule has 11 heteroatoms. The van der Waals surface area contributed by atoms with Crippen LogP contribution in [0.25, 0.3) is 10.9 Å². The fourth-order valence-electron chi connectivity index (χ4n) is 4.43. The highest BCUT2D eigenvalue weighted by atomic mass is 16.7. The summed E-state index contributed by atoms with van der Waals surface area (Å²) in [5, 5.41) is 23.9. The molecular formula is C23H24N2O9. The largest absolute Gasteiger partial charge is 0.514 e. The number of non-ortho nitro benzene ring substituents is 1. The molecule has 0 saturated heterocycles. The van der Waals surface area contributed by atoms with Crippen molar-refractivity contribution in [1.82, 2.24) is 4.57 Å². The van der Waals surface area contributed by atoms with Crippen LogP contribution in [0.4, 0.5) is 10.5 Å². The van der Waals surface area contributed by atoms with Gasteiger partial charge >= 0.3 is 6.16 Å². The third-order valence-corrected chi connectivity index (χ3v) is 5.98. The fourth-order valence-corrected chi connectivity index (χ4v) is 4.43. The van der Waals surface area contributed by atoms with Gasteiger partial charge < -0.3 is 33.4 Å². The first-order chi connectivity index (χ1) is 16.2. The Kier molecular flexibility index (Phi) is 6.17. The smallest absolute Gasteiger partial charge is 0.479 e. The number of aromatic nitrogens is 1. The molecule has 34 heavy (non-hydrogen) atoms. The van der Waals surface area contributed by atoms with Crippen LogP contribution in [0.3, 0.4) is 0 Å². The topological polar surface area (TPSA) is 132 Å². The van der Waals surface area contributed by atoms with Crippen LogP contribution in [0.1, 0.15) is 18.5 Å². The van der Waals surface area contributed by atoms with Crippen LogP contribution in [0, 0.1) is 10.1 Å². The Morgan fingerprint density at radius 1 is 1.18 bits per heavy atom.